The Morgan fingerprint density at radius 1 is 1.44 bits per heavy atom. The lowest BCUT2D eigenvalue weighted by Crippen LogP contribution is -2.49. The van der Waals surface area contributed by atoms with Gasteiger partial charge in [0.1, 0.15) is 0 Å². The maximum atomic E-state index is 11.2. The number of morpholine rings is 1. The van der Waals surface area contributed by atoms with Crippen LogP contribution in [0.4, 0.5) is 0 Å². The Morgan fingerprint density at radius 2 is 2.12 bits per heavy atom. The van der Waals surface area contributed by atoms with Gasteiger partial charge in [-0.25, -0.2) is 8.42 Å². The molecule has 0 radical (unpaired) electrons. The summed E-state index contributed by atoms with van der Waals surface area (Å²) in [6.07, 6.45) is 1.64. The van der Waals surface area contributed by atoms with Crippen molar-refractivity contribution in [3.8, 4) is 0 Å². The Hall–Kier alpha value is -0.660. The van der Waals surface area contributed by atoms with Gasteiger partial charge in [0.2, 0.25) is 0 Å². The first kappa shape index (κ1) is 11.8. The minimum Gasteiger partial charge on any atom is -0.378 e. The number of sulfone groups is 1. The Labute approximate surface area is 100 Å². The zero-order chi connectivity index (χ0) is 11.6. The molecule has 16 heavy (non-hydrogen) atoms. The van der Waals surface area contributed by atoms with Crippen molar-refractivity contribution in [3.63, 3.8) is 0 Å². The summed E-state index contributed by atoms with van der Waals surface area (Å²) in [6.45, 7) is 2.85. The Bertz CT molecular complexity index is 399. The molecular formula is C9H14N2O3S2. The number of nitrogens with one attached hydrogen (secondary N) is 1. The second kappa shape index (κ2) is 4.68. The van der Waals surface area contributed by atoms with Crippen LogP contribution in [-0.4, -0.2) is 56.5 Å². The first-order valence-electron chi connectivity index (χ1n) is 5.11. The molecule has 0 spiro atoms. The van der Waals surface area contributed by atoms with Gasteiger partial charge in [-0.05, 0) is 18.3 Å². The van der Waals surface area contributed by atoms with Crippen LogP contribution in [-0.2, 0) is 14.6 Å². The number of ether oxygens (including phenoxy) is 1. The predicted molar refractivity (Wildman–Crippen MR) is 64.8 cm³/mol. The molecule has 7 heteroatoms. The predicted octanol–water partition coefficient (Wildman–Crippen LogP) is -0.496. The molecule has 5 nitrogen and oxygen atoms in total. The van der Waals surface area contributed by atoms with Crippen molar-refractivity contribution in [2.45, 2.75) is 6.04 Å². The van der Waals surface area contributed by atoms with E-state index in [1.807, 2.05) is 4.90 Å². The van der Waals surface area contributed by atoms with Gasteiger partial charge < -0.3 is 15.0 Å². The van der Waals surface area contributed by atoms with Gasteiger partial charge in [0, 0.05) is 18.5 Å². The number of nitrogens with zero attached hydrogens (tertiary/aromatic N) is 1. The summed E-state index contributed by atoms with van der Waals surface area (Å²) in [7, 11) is -3.02. The highest BCUT2D eigenvalue weighted by atomic mass is 32.2. The van der Waals surface area contributed by atoms with Crippen LogP contribution in [0.25, 0.3) is 0 Å². The summed E-state index contributed by atoms with van der Waals surface area (Å²) >= 11 is 5.22. The Kier molecular flexibility index (Phi) is 3.46. The van der Waals surface area contributed by atoms with Gasteiger partial charge in [-0.1, -0.05) is 0 Å². The molecule has 0 amide bonds. The third-order valence-corrected chi connectivity index (χ3v) is 4.31. The smallest absolute Gasteiger partial charge is 0.173 e. The monoisotopic (exact) mass is 262 g/mol. The van der Waals surface area contributed by atoms with Crippen LogP contribution in [0.5, 0.6) is 0 Å². The third kappa shape index (κ3) is 2.93. The average Bonchev–Trinajstić information content (AvgIpc) is 2.59. The molecule has 0 saturated carbocycles. The molecule has 0 bridgehead atoms. The highest BCUT2D eigenvalue weighted by Crippen LogP contribution is 2.08. The van der Waals surface area contributed by atoms with Crippen LogP contribution in [0, 0.1) is 0 Å². The van der Waals surface area contributed by atoms with E-state index in [1.165, 1.54) is 5.41 Å². The molecule has 1 atom stereocenters. The van der Waals surface area contributed by atoms with E-state index in [2.05, 4.69) is 5.32 Å². The van der Waals surface area contributed by atoms with Crippen LogP contribution in [0.2, 0.25) is 0 Å². The molecule has 0 aliphatic carbocycles. The largest absolute Gasteiger partial charge is 0.378 e. The van der Waals surface area contributed by atoms with Gasteiger partial charge in [0.15, 0.2) is 14.9 Å². The van der Waals surface area contributed by atoms with Crippen molar-refractivity contribution >= 4 is 27.2 Å². The van der Waals surface area contributed by atoms with E-state index in [-0.39, 0.29) is 11.8 Å². The molecule has 2 aliphatic heterocycles. The van der Waals surface area contributed by atoms with E-state index in [4.69, 9.17) is 17.0 Å². The van der Waals surface area contributed by atoms with Crippen LogP contribution in [0.1, 0.15) is 0 Å². The lowest BCUT2D eigenvalue weighted by Gasteiger charge is -2.30. The first-order chi connectivity index (χ1) is 7.57. The topological polar surface area (TPSA) is 58.6 Å². The van der Waals surface area contributed by atoms with Crippen LogP contribution in [0.15, 0.2) is 11.5 Å². The summed E-state index contributed by atoms with van der Waals surface area (Å²) < 4.78 is 27.6. The van der Waals surface area contributed by atoms with Gasteiger partial charge >= 0.3 is 0 Å². The van der Waals surface area contributed by atoms with Crippen molar-refractivity contribution in [1.29, 1.82) is 0 Å². The molecule has 1 saturated heterocycles. The zero-order valence-electron chi connectivity index (χ0n) is 8.76. The van der Waals surface area contributed by atoms with E-state index in [1.54, 1.807) is 6.08 Å². The van der Waals surface area contributed by atoms with E-state index < -0.39 is 9.84 Å². The van der Waals surface area contributed by atoms with Crippen LogP contribution in [0.3, 0.4) is 0 Å². The Balaban J connectivity index is 1.86. The highest BCUT2D eigenvalue weighted by Gasteiger charge is 2.23. The quantitative estimate of drug-likeness (QED) is 0.643. The van der Waals surface area contributed by atoms with Crippen molar-refractivity contribution < 1.29 is 13.2 Å². The fraction of sp³-hybridized carbons (Fsp3) is 0.667. The molecule has 0 aromatic heterocycles. The van der Waals surface area contributed by atoms with Crippen molar-refractivity contribution in [3.05, 3.63) is 11.5 Å². The summed E-state index contributed by atoms with van der Waals surface area (Å²) in [5.74, 6) is 0.0947. The molecule has 2 aliphatic rings. The first-order valence-corrected chi connectivity index (χ1v) is 7.23. The van der Waals surface area contributed by atoms with Crippen LogP contribution < -0.4 is 5.32 Å². The summed E-state index contributed by atoms with van der Waals surface area (Å²) in [4.78, 5) is 2.00. The summed E-state index contributed by atoms with van der Waals surface area (Å²) in [6, 6.07) is -0.194. The van der Waals surface area contributed by atoms with Gasteiger partial charge in [0.05, 0.1) is 25.0 Å². The summed E-state index contributed by atoms with van der Waals surface area (Å²) in [5, 5.41) is 4.89. The third-order valence-electron chi connectivity index (χ3n) is 2.54. The number of hydrogen-bond acceptors (Lipinski definition) is 4. The minimum absolute atomic E-state index is 0.0947. The Morgan fingerprint density at radius 3 is 2.69 bits per heavy atom. The second-order valence-corrected chi connectivity index (χ2v) is 6.13. The van der Waals surface area contributed by atoms with E-state index in [0.29, 0.717) is 18.3 Å². The fourth-order valence-corrected chi connectivity index (χ4v) is 3.25. The minimum atomic E-state index is -3.02. The molecule has 2 heterocycles. The second-order valence-electron chi connectivity index (χ2n) is 3.81. The van der Waals surface area contributed by atoms with E-state index in [9.17, 15) is 8.42 Å². The standard InChI is InChI=1S/C9H14N2O3S2/c12-16(13)6-1-8(7-16)10-9(15)11-2-4-14-5-3-11/h1,6,8H,2-5,7H2,(H,10,15)/t8-/m1/s1. The maximum absolute atomic E-state index is 11.2. The molecule has 0 aromatic rings. The molecule has 0 aromatic carbocycles. The van der Waals surface area contributed by atoms with Gasteiger partial charge in [-0.3, -0.25) is 0 Å². The van der Waals surface area contributed by atoms with Gasteiger partial charge in [0.25, 0.3) is 0 Å². The molecule has 0 unspecified atom stereocenters. The van der Waals surface area contributed by atoms with E-state index in [0.717, 1.165) is 13.1 Å². The van der Waals surface area contributed by atoms with E-state index >= 15 is 0 Å². The van der Waals surface area contributed by atoms with Gasteiger partial charge in [-0.15, -0.1) is 0 Å². The molecule has 1 N–H and O–H groups in total. The van der Waals surface area contributed by atoms with Gasteiger partial charge in [-0.2, -0.15) is 0 Å². The van der Waals surface area contributed by atoms with Crippen molar-refractivity contribution in [2.75, 3.05) is 32.1 Å². The number of hydrogen-bond donors (Lipinski definition) is 1. The molecule has 1 fully saturated rings. The maximum Gasteiger partial charge on any atom is 0.173 e. The molecule has 90 valence electrons. The lowest BCUT2D eigenvalue weighted by molar-refractivity contribution is 0.0676. The molecule has 2 rings (SSSR count). The van der Waals surface area contributed by atoms with Crippen molar-refractivity contribution in [1.82, 2.24) is 10.2 Å². The lowest BCUT2D eigenvalue weighted by atomic mass is 10.3. The average molecular weight is 262 g/mol. The molecular weight excluding hydrogens is 248 g/mol. The SMILES string of the molecule is O=S1(=O)C=C[C@@H](NC(=S)N2CCOCC2)C1. The highest BCUT2D eigenvalue weighted by molar-refractivity contribution is 7.94. The van der Waals surface area contributed by atoms with Crippen LogP contribution >= 0.6 is 12.2 Å². The fourth-order valence-electron chi connectivity index (χ4n) is 1.68. The summed E-state index contributed by atoms with van der Waals surface area (Å²) in [5.41, 5.74) is 0. The number of thiocarbonyl (C=S) groups is 1. The normalized spacial score (nSPS) is 28.0. The number of rotatable bonds is 1. The van der Waals surface area contributed by atoms with Crippen molar-refractivity contribution in [2.24, 2.45) is 0 Å². The zero-order valence-corrected chi connectivity index (χ0v) is 10.4.